The van der Waals surface area contributed by atoms with Crippen molar-refractivity contribution in [2.75, 3.05) is 13.2 Å². The van der Waals surface area contributed by atoms with Gasteiger partial charge in [0.25, 0.3) is 5.56 Å². The number of aryl methyl sites for hydroxylation is 2. The highest BCUT2D eigenvalue weighted by Crippen LogP contribution is 2.34. The number of carbonyl (C=O) groups excluding carboxylic acids is 1. The number of rotatable bonds is 5. The van der Waals surface area contributed by atoms with Crippen molar-refractivity contribution in [1.82, 2.24) is 14.5 Å². The van der Waals surface area contributed by atoms with Crippen LogP contribution in [0.2, 0.25) is 5.02 Å². The Morgan fingerprint density at radius 2 is 1.94 bits per heavy atom. The molecule has 3 heterocycles. The monoisotopic (exact) mass is 473 g/mol. The highest BCUT2D eigenvalue weighted by atomic mass is 35.5. The molecule has 1 fully saturated rings. The van der Waals surface area contributed by atoms with E-state index in [1.165, 1.54) is 15.9 Å². The van der Waals surface area contributed by atoms with Gasteiger partial charge in [-0.15, -0.1) is 11.3 Å². The minimum Gasteiger partial charge on any atom is -0.376 e. The number of nitrogens with one attached hydrogen (secondary N) is 1. The second-order valence-corrected chi connectivity index (χ2v) is 9.84. The van der Waals surface area contributed by atoms with E-state index in [4.69, 9.17) is 16.3 Å². The fourth-order valence-electron chi connectivity index (χ4n) is 4.56. The second-order valence-electron chi connectivity index (χ2n) is 8.32. The van der Waals surface area contributed by atoms with E-state index in [1.54, 1.807) is 24.3 Å². The van der Waals surface area contributed by atoms with Crippen molar-refractivity contribution in [3.05, 3.63) is 60.6 Å². The molecule has 2 aliphatic rings. The van der Waals surface area contributed by atoms with Gasteiger partial charge >= 0.3 is 5.69 Å². The molecule has 5 rings (SSSR count). The Morgan fingerprint density at radius 1 is 1.16 bits per heavy atom. The maximum absolute atomic E-state index is 13.5. The van der Waals surface area contributed by atoms with E-state index in [0.29, 0.717) is 34.1 Å². The average molecular weight is 474 g/mol. The van der Waals surface area contributed by atoms with E-state index in [9.17, 15) is 14.4 Å². The van der Waals surface area contributed by atoms with Gasteiger partial charge in [-0.25, -0.2) is 9.36 Å². The van der Waals surface area contributed by atoms with Crippen LogP contribution in [0.15, 0.2) is 33.9 Å². The summed E-state index contributed by atoms with van der Waals surface area (Å²) in [5.41, 5.74) is 0.617. The molecule has 1 aromatic carbocycles. The van der Waals surface area contributed by atoms with Crippen LogP contribution in [-0.2, 0) is 28.9 Å². The highest BCUT2D eigenvalue weighted by Gasteiger charge is 2.25. The molecule has 32 heavy (non-hydrogen) atoms. The zero-order chi connectivity index (χ0) is 22.2. The van der Waals surface area contributed by atoms with Crippen molar-refractivity contribution in [2.24, 2.45) is 0 Å². The molecule has 7 nitrogen and oxygen atoms in total. The van der Waals surface area contributed by atoms with Crippen LogP contribution in [0.3, 0.4) is 0 Å². The van der Waals surface area contributed by atoms with E-state index in [2.05, 4.69) is 5.32 Å². The van der Waals surface area contributed by atoms with Crippen LogP contribution in [0.4, 0.5) is 0 Å². The quantitative estimate of drug-likeness (QED) is 0.617. The summed E-state index contributed by atoms with van der Waals surface area (Å²) in [6.45, 7) is 0.997. The zero-order valence-electron chi connectivity index (χ0n) is 17.6. The van der Waals surface area contributed by atoms with Crippen LogP contribution in [0.1, 0.15) is 36.1 Å². The Morgan fingerprint density at radius 3 is 2.69 bits per heavy atom. The van der Waals surface area contributed by atoms with Crippen LogP contribution < -0.4 is 16.6 Å². The second kappa shape index (κ2) is 8.84. The molecule has 1 atom stereocenters. The van der Waals surface area contributed by atoms with Gasteiger partial charge in [-0.2, -0.15) is 0 Å². The Labute approximate surface area is 193 Å². The van der Waals surface area contributed by atoms with Crippen molar-refractivity contribution < 1.29 is 9.53 Å². The predicted octanol–water partition coefficient (Wildman–Crippen LogP) is 3.04. The first-order valence-electron chi connectivity index (χ1n) is 11.0. The number of amides is 1. The van der Waals surface area contributed by atoms with E-state index in [1.807, 2.05) is 0 Å². The minimum atomic E-state index is -0.518. The first-order chi connectivity index (χ1) is 15.5. The number of benzene rings is 1. The minimum absolute atomic E-state index is 0.0211. The average Bonchev–Trinajstić information content (AvgIpc) is 3.44. The van der Waals surface area contributed by atoms with Crippen LogP contribution in [0.5, 0.6) is 0 Å². The standard InChI is InChI=1S/C23H24ClN3O4S/c24-14-7-9-15(10-8-14)27-21(29)20-17-5-1-2-6-18(17)32-22(20)26(23(27)30)13-19(28)25-12-16-4-3-11-31-16/h7-10,16H,1-6,11-13H2,(H,25,28)/t16-/m0/s1. The number of thiophene rings is 1. The van der Waals surface area contributed by atoms with E-state index in [0.717, 1.165) is 53.5 Å². The van der Waals surface area contributed by atoms with Crippen molar-refractivity contribution in [3.8, 4) is 5.69 Å². The topological polar surface area (TPSA) is 82.3 Å². The first-order valence-corrected chi connectivity index (χ1v) is 12.2. The molecule has 1 N–H and O–H groups in total. The maximum Gasteiger partial charge on any atom is 0.337 e. The molecule has 9 heteroatoms. The van der Waals surface area contributed by atoms with Crippen molar-refractivity contribution in [2.45, 2.75) is 51.2 Å². The molecule has 0 bridgehead atoms. The fourth-order valence-corrected chi connectivity index (χ4v) is 6.06. The Bertz CT molecular complexity index is 1290. The third-order valence-corrected chi connectivity index (χ3v) is 7.74. The summed E-state index contributed by atoms with van der Waals surface area (Å²) in [6.07, 6.45) is 5.73. The number of ether oxygens (including phenoxy) is 1. The van der Waals surface area contributed by atoms with Gasteiger partial charge in [-0.1, -0.05) is 11.6 Å². The molecule has 0 saturated carbocycles. The van der Waals surface area contributed by atoms with Crippen molar-refractivity contribution >= 4 is 39.1 Å². The van der Waals surface area contributed by atoms with Crippen LogP contribution in [-0.4, -0.2) is 34.3 Å². The number of fused-ring (bicyclic) bond motifs is 3. The normalized spacial score (nSPS) is 18.1. The molecule has 3 aromatic rings. The number of hydrogen-bond acceptors (Lipinski definition) is 5. The van der Waals surface area contributed by atoms with E-state index >= 15 is 0 Å². The molecule has 1 amide bonds. The highest BCUT2D eigenvalue weighted by molar-refractivity contribution is 7.18. The summed E-state index contributed by atoms with van der Waals surface area (Å²) >= 11 is 7.48. The van der Waals surface area contributed by atoms with Gasteiger partial charge in [0.05, 0.1) is 17.2 Å². The molecule has 0 spiro atoms. The molecule has 0 unspecified atom stereocenters. The summed E-state index contributed by atoms with van der Waals surface area (Å²) in [6, 6.07) is 6.60. The molecule has 1 aliphatic carbocycles. The third-order valence-electron chi connectivity index (χ3n) is 6.17. The largest absolute Gasteiger partial charge is 0.376 e. The maximum atomic E-state index is 13.5. The molecule has 168 valence electrons. The summed E-state index contributed by atoms with van der Waals surface area (Å²) in [5.74, 6) is -0.267. The van der Waals surface area contributed by atoms with Gasteiger partial charge in [0.15, 0.2) is 0 Å². The van der Waals surface area contributed by atoms with Gasteiger partial charge < -0.3 is 10.1 Å². The molecule has 1 saturated heterocycles. The van der Waals surface area contributed by atoms with E-state index < -0.39 is 5.69 Å². The van der Waals surface area contributed by atoms with Gasteiger partial charge in [0.1, 0.15) is 11.4 Å². The number of aromatic nitrogens is 2. The Hall–Kier alpha value is -2.42. The van der Waals surface area contributed by atoms with Crippen molar-refractivity contribution in [3.63, 3.8) is 0 Å². The van der Waals surface area contributed by atoms with Crippen molar-refractivity contribution in [1.29, 1.82) is 0 Å². The van der Waals surface area contributed by atoms with Gasteiger partial charge in [0, 0.05) is 23.1 Å². The molecular weight excluding hydrogens is 450 g/mol. The third kappa shape index (κ3) is 3.91. The Kier molecular flexibility index (Phi) is 5.92. The predicted molar refractivity (Wildman–Crippen MR) is 125 cm³/mol. The van der Waals surface area contributed by atoms with Crippen LogP contribution in [0, 0.1) is 0 Å². The van der Waals surface area contributed by atoms with Crippen LogP contribution in [0.25, 0.3) is 15.9 Å². The summed E-state index contributed by atoms with van der Waals surface area (Å²) in [4.78, 5) is 41.5. The lowest BCUT2D eigenvalue weighted by Gasteiger charge is -2.14. The van der Waals surface area contributed by atoms with Crippen LogP contribution >= 0.6 is 22.9 Å². The zero-order valence-corrected chi connectivity index (χ0v) is 19.1. The number of halogens is 1. The van der Waals surface area contributed by atoms with E-state index in [-0.39, 0.29) is 24.1 Å². The molecular formula is C23H24ClN3O4S. The Balaban J connectivity index is 1.61. The number of hydrogen-bond donors (Lipinski definition) is 1. The van der Waals surface area contributed by atoms with Gasteiger partial charge in [-0.05, 0) is 68.4 Å². The summed E-state index contributed by atoms with van der Waals surface area (Å²) < 4.78 is 8.17. The number of carbonyl (C=O) groups is 1. The first kappa shape index (κ1) is 21.4. The lowest BCUT2D eigenvalue weighted by molar-refractivity contribution is -0.122. The summed E-state index contributed by atoms with van der Waals surface area (Å²) in [7, 11) is 0. The molecule has 1 aliphatic heterocycles. The summed E-state index contributed by atoms with van der Waals surface area (Å²) in [5, 5.41) is 3.96. The smallest absolute Gasteiger partial charge is 0.337 e. The van der Waals surface area contributed by atoms with Gasteiger partial charge in [-0.3, -0.25) is 14.2 Å². The lowest BCUT2D eigenvalue weighted by atomic mass is 9.97. The molecule has 0 radical (unpaired) electrons. The number of nitrogens with zero attached hydrogens (tertiary/aromatic N) is 2. The lowest BCUT2D eigenvalue weighted by Crippen LogP contribution is -2.42. The fraction of sp³-hybridized carbons (Fsp3) is 0.435. The SMILES string of the molecule is O=C(Cn1c(=O)n(-c2ccc(Cl)cc2)c(=O)c2c3c(sc21)CCCC3)NC[C@@H]1CCCO1. The molecule has 2 aromatic heterocycles. The van der Waals surface area contributed by atoms with Gasteiger partial charge in [0.2, 0.25) is 5.91 Å².